The van der Waals surface area contributed by atoms with Gasteiger partial charge in [-0.25, -0.2) is 0 Å². The Morgan fingerprint density at radius 1 is 1.03 bits per heavy atom. The maximum Gasteiger partial charge on any atom is 0.326 e. The maximum atomic E-state index is 12.3. The molecule has 7 nitrogen and oxygen atoms in total. The molecule has 2 N–H and O–H groups in total. The van der Waals surface area contributed by atoms with Crippen molar-refractivity contribution in [1.82, 2.24) is 5.32 Å². The van der Waals surface area contributed by atoms with Crippen molar-refractivity contribution in [2.45, 2.75) is 19.4 Å². The molecule has 3 rings (SSSR count). The first-order valence-electron chi connectivity index (χ1n) is 9.70. The van der Waals surface area contributed by atoms with E-state index in [1.54, 1.807) is 18.2 Å². The van der Waals surface area contributed by atoms with Gasteiger partial charge in [0.25, 0.3) is 5.91 Å². The standard InChI is InChI=1S/C24H21N3O4/c1-16(24(30)27-20-10-4-6-17(12-20)14-25)31-23(29)15-26-22(28)13-19-9-5-8-18-7-2-3-11-21(18)19/h2-12,16H,13,15H2,1H3,(H,26,28)(H,27,30)/t16-/m1/s1. The second kappa shape index (κ2) is 10.0. The molecule has 0 fully saturated rings. The second-order valence-electron chi connectivity index (χ2n) is 6.91. The molecule has 3 aromatic rings. The van der Waals surface area contributed by atoms with Gasteiger partial charge in [0.1, 0.15) is 6.54 Å². The molecule has 0 aliphatic rings. The average molecular weight is 415 g/mol. The Morgan fingerprint density at radius 3 is 2.58 bits per heavy atom. The van der Waals surface area contributed by atoms with E-state index < -0.39 is 18.0 Å². The van der Waals surface area contributed by atoms with Crippen molar-refractivity contribution >= 4 is 34.2 Å². The Morgan fingerprint density at radius 2 is 1.77 bits per heavy atom. The summed E-state index contributed by atoms with van der Waals surface area (Å²) in [6, 6.07) is 21.8. The topological polar surface area (TPSA) is 108 Å². The zero-order chi connectivity index (χ0) is 22.2. The van der Waals surface area contributed by atoms with Crippen LogP contribution in [0.2, 0.25) is 0 Å². The monoisotopic (exact) mass is 415 g/mol. The first-order valence-corrected chi connectivity index (χ1v) is 9.70. The first kappa shape index (κ1) is 21.5. The van der Waals surface area contributed by atoms with Gasteiger partial charge >= 0.3 is 5.97 Å². The smallest absolute Gasteiger partial charge is 0.326 e. The molecule has 0 aromatic heterocycles. The lowest BCUT2D eigenvalue weighted by molar-refractivity contribution is -0.152. The number of nitriles is 1. The van der Waals surface area contributed by atoms with Crippen molar-refractivity contribution in [2.24, 2.45) is 0 Å². The Bertz CT molecular complexity index is 1160. The number of benzene rings is 3. The van der Waals surface area contributed by atoms with Crippen molar-refractivity contribution in [3.63, 3.8) is 0 Å². The van der Waals surface area contributed by atoms with Crippen LogP contribution in [0.15, 0.2) is 66.7 Å². The molecule has 0 aliphatic heterocycles. The number of nitrogens with zero attached hydrogens (tertiary/aromatic N) is 1. The van der Waals surface area contributed by atoms with Crippen molar-refractivity contribution < 1.29 is 19.1 Å². The number of ether oxygens (including phenoxy) is 1. The van der Waals surface area contributed by atoms with Crippen LogP contribution < -0.4 is 10.6 Å². The van der Waals surface area contributed by atoms with Crippen molar-refractivity contribution in [3.8, 4) is 6.07 Å². The molecule has 0 spiro atoms. The third-order valence-electron chi connectivity index (χ3n) is 4.60. The Hall–Kier alpha value is -4.18. The average Bonchev–Trinajstić information content (AvgIpc) is 2.78. The number of fused-ring (bicyclic) bond motifs is 1. The molecule has 3 aromatic carbocycles. The second-order valence-corrected chi connectivity index (χ2v) is 6.91. The molecule has 31 heavy (non-hydrogen) atoms. The summed E-state index contributed by atoms with van der Waals surface area (Å²) in [6.07, 6.45) is -0.937. The highest BCUT2D eigenvalue weighted by Gasteiger charge is 2.18. The minimum atomic E-state index is -1.06. The largest absolute Gasteiger partial charge is 0.451 e. The Kier molecular flexibility index (Phi) is 6.97. The molecule has 7 heteroatoms. The summed E-state index contributed by atoms with van der Waals surface area (Å²) in [4.78, 5) is 36.5. The van der Waals surface area contributed by atoms with Crippen molar-refractivity contribution in [2.75, 3.05) is 11.9 Å². The minimum absolute atomic E-state index is 0.125. The van der Waals surface area contributed by atoms with Crippen LogP contribution in [0.25, 0.3) is 10.8 Å². The highest BCUT2D eigenvalue weighted by Crippen LogP contribution is 2.18. The van der Waals surface area contributed by atoms with Gasteiger partial charge in [0.15, 0.2) is 6.10 Å². The van der Waals surface area contributed by atoms with Gasteiger partial charge in [-0.3, -0.25) is 14.4 Å². The molecule has 0 aliphatic carbocycles. The molecule has 0 heterocycles. The number of rotatable bonds is 7. The number of carbonyl (C=O) groups is 3. The van der Waals surface area contributed by atoms with Crippen molar-refractivity contribution in [1.29, 1.82) is 5.26 Å². The van der Waals surface area contributed by atoms with Crippen LogP contribution in [0, 0.1) is 11.3 Å². The van der Waals surface area contributed by atoms with Gasteiger partial charge in [0.05, 0.1) is 18.1 Å². The highest BCUT2D eigenvalue weighted by atomic mass is 16.5. The van der Waals surface area contributed by atoms with Crippen LogP contribution in [0.3, 0.4) is 0 Å². The number of nitrogens with one attached hydrogen (secondary N) is 2. The molecular weight excluding hydrogens is 394 g/mol. The molecule has 2 amide bonds. The summed E-state index contributed by atoms with van der Waals surface area (Å²) in [5, 5.41) is 16.0. The molecule has 0 saturated heterocycles. The third-order valence-corrected chi connectivity index (χ3v) is 4.60. The Balaban J connectivity index is 1.48. The van der Waals surface area contributed by atoms with E-state index in [2.05, 4.69) is 10.6 Å². The number of anilines is 1. The number of carbonyl (C=O) groups excluding carboxylic acids is 3. The van der Waals surface area contributed by atoms with E-state index in [9.17, 15) is 14.4 Å². The quantitative estimate of drug-likeness (QED) is 0.577. The Labute approximate surface area is 179 Å². The lowest BCUT2D eigenvalue weighted by atomic mass is 10.0. The predicted molar refractivity (Wildman–Crippen MR) is 116 cm³/mol. The molecule has 0 saturated carbocycles. The fourth-order valence-corrected chi connectivity index (χ4v) is 3.06. The van der Waals surface area contributed by atoms with Gasteiger partial charge in [-0.2, -0.15) is 5.26 Å². The molecule has 156 valence electrons. The van der Waals surface area contributed by atoms with Gasteiger partial charge in [-0.1, -0.05) is 48.5 Å². The van der Waals surface area contributed by atoms with E-state index in [-0.39, 0.29) is 18.9 Å². The van der Waals surface area contributed by atoms with Crippen LogP contribution in [-0.2, 0) is 25.5 Å². The van der Waals surface area contributed by atoms with E-state index >= 15 is 0 Å². The van der Waals surface area contributed by atoms with Gasteiger partial charge in [0, 0.05) is 5.69 Å². The SMILES string of the molecule is C[C@@H](OC(=O)CNC(=O)Cc1cccc2ccccc12)C(=O)Nc1cccc(C#N)c1. The number of amides is 2. The molecule has 1 atom stereocenters. The minimum Gasteiger partial charge on any atom is -0.451 e. The van der Waals surface area contributed by atoms with Crippen molar-refractivity contribution in [3.05, 3.63) is 77.9 Å². The molecular formula is C24H21N3O4. The van der Waals surface area contributed by atoms with E-state index in [0.29, 0.717) is 11.3 Å². The number of hydrogen-bond donors (Lipinski definition) is 2. The fourth-order valence-electron chi connectivity index (χ4n) is 3.06. The van der Waals surface area contributed by atoms with Crippen LogP contribution >= 0.6 is 0 Å². The summed E-state index contributed by atoms with van der Waals surface area (Å²) in [7, 11) is 0. The fraction of sp³-hybridized carbons (Fsp3) is 0.167. The van der Waals surface area contributed by atoms with Gasteiger partial charge in [-0.05, 0) is 41.5 Å². The molecule has 0 bridgehead atoms. The first-order chi connectivity index (χ1) is 15.0. The van der Waals surface area contributed by atoms with E-state index in [4.69, 9.17) is 10.00 Å². The third kappa shape index (κ3) is 5.90. The van der Waals surface area contributed by atoms with Gasteiger partial charge < -0.3 is 15.4 Å². The zero-order valence-corrected chi connectivity index (χ0v) is 16.9. The van der Waals surface area contributed by atoms with E-state index in [1.165, 1.54) is 13.0 Å². The number of esters is 1. The summed E-state index contributed by atoms with van der Waals surface area (Å²) >= 11 is 0. The van der Waals surface area contributed by atoms with E-state index in [1.807, 2.05) is 48.5 Å². The lowest BCUT2D eigenvalue weighted by Gasteiger charge is -2.14. The maximum absolute atomic E-state index is 12.3. The molecule has 0 unspecified atom stereocenters. The lowest BCUT2D eigenvalue weighted by Crippen LogP contribution is -2.36. The highest BCUT2D eigenvalue weighted by molar-refractivity contribution is 5.95. The normalized spacial score (nSPS) is 11.2. The summed E-state index contributed by atoms with van der Waals surface area (Å²) in [6.45, 7) is 1.09. The summed E-state index contributed by atoms with van der Waals surface area (Å²) in [5.74, 6) is -1.58. The predicted octanol–water partition coefficient (Wildman–Crippen LogP) is 2.94. The zero-order valence-electron chi connectivity index (χ0n) is 16.9. The van der Waals surface area contributed by atoms with Crippen LogP contribution in [0.1, 0.15) is 18.1 Å². The number of hydrogen-bond acceptors (Lipinski definition) is 5. The van der Waals surface area contributed by atoms with Crippen LogP contribution in [0.4, 0.5) is 5.69 Å². The summed E-state index contributed by atoms with van der Waals surface area (Å²) in [5.41, 5.74) is 1.68. The van der Waals surface area contributed by atoms with E-state index in [0.717, 1.165) is 16.3 Å². The van der Waals surface area contributed by atoms with Gasteiger partial charge in [0.2, 0.25) is 5.91 Å². The summed E-state index contributed by atoms with van der Waals surface area (Å²) < 4.78 is 5.08. The molecule has 0 radical (unpaired) electrons. The van der Waals surface area contributed by atoms with Gasteiger partial charge in [-0.15, -0.1) is 0 Å². The van der Waals surface area contributed by atoms with Crippen LogP contribution in [0.5, 0.6) is 0 Å². The van der Waals surface area contributed by atoms with Crippen LogP contribution in [-0.4, -0.2) is 30.4 Å².